The van der Waals surface area contributed by atoms with Gasteiger partial charge in [-0.05, 0) is 18.9 Å². The Hall–Kier alpha value is -1.35. The van der Waals surface area contributed by atoms with E-state index >= 15 is 0 Å². The molecular weight excluding hydrogens is 216 g/mol. The number of hydrogen-bond acceptors (Lipinski definition) is 3. The van der Waals surface area contributed by atoms with Crippen LogP contribution in [0.2, 0.25) is 0 Å². The van der Waals surface area contributed by atoms with Gasteiger partial charge in [0.2, 0.25) is 0 Å². The van der Waals surface area contributed by atoms with Gasteiger partial charge in [0.1, 0.15) is 0 Å². The molecule has 3 nitrogen and oxygen atoms in total. The van der Waals surface area contributed by atoms with E-state index in [1.807, 2.05) is 37.3 Å². The van der Waals surface area contributed by atoms with Crippen LogP contribution in [0, 0.1) is 5.92 Å². The van der Waals surface area contributed by atoms with Gasteiger partial charge in [0.25, 0.3) is 0 Å². The monoisotopic (exact) mass is 234 g/mol. The summed E-state index contributed by atoms with van der Waals surface area (Å²) >= 11 is 0. The summed E-state index contributed by atoms with van der Waals surface area (Å²) in [4.78, 5) is 12.0. The maximum Gasteiger partial charge on any atom is 0.316 e. The fourth-order valence-electron chi connectivity index (χ4n) is 2.33. The average molecular weight is 234 g/mol. The fourth-order valence-corrected chi connectivity index (χ4v) is 2.33. The minimum absolute atomic E-state index is 0.171. The summed E-state index contributed by atoms with van der Waals surface area (Å²) in [5, 5.41) is 0. The van der Waals surface area contributed by atoms with Gasteiger partial charge in [0, 0.05) is 5.92 Å². The van der Waals surface area contributed by atoms with Crippen molar-refractivity contribution >= 4 is 5.97 Å². The zero-order chi connectivity index (χ0) is 12.3. The third kappa shape index (κ3) is 2.34. The maximum atomic E-state index is 12.0. The van der Waals surface area contributed by atoms with E-state index in [0.29, 0.717) is 5.92 Å². The van der Waals surface area contributed by atoms with Gasteiger partial charge in [-0.25, -0.2) is 0 Å². The third-order valence-electron chi connectivity index (χ3n) is 3.45. The summed E-state index contributed by atoms with van der Waals surface area (Å²) in [5.41, 5.74) is 0.448. The SMILES string of the molecule is COC(=O)C(C)(CC1COC1)c1ccccc1. The topological polar surface area (TPSA) is 35.5 Å². The number of rotatable bonds is 4. The lowest BCUT2D eigenvalue weighted by Crippen LogP contribution is -2.41. The highest BCUT2D eigenvalue weighted by Crippen LogP contribution is 2.34. The lowest BCUT2D eigenvalue weighted by Gasteiger charge is -2.35. The van der Waals surface area contributed by atoms with Crippen molar-refractivity contribution in [2.24, 2.45) is 5.92 Å². The molecule has 1 atom stereocenters. The zero-order valence-electron chi connectivity index (χ0n) is 10.3. The fraction of sp³-hybridized carbons (Fsp3) is 0.500. The summed E-state index contributed by atoms with van der Waals surface area (Å²) in [6.45, 7) is 3.45. The molecule has 0 saturated carbocycles. The highest BCUT2D eigenvalue weighted by molar-refractivity contribution is 5.82. The van der Waals surface area contributed by atoms with E-state index in [1.165, 1.54) is 7.11 Å². The molecule has 1 aromatic carbocycles. The first kappa shape index (κ1) is 12.1. The number of benzene rings is 1. The van der Waals surface area contributed by atoms with Crippen molar-refractivity contribution in [2.45, 2.75) is 18.8 Å². The largest absolute Gasteiger partial charge is 0.468 e. The predicted molar refractivity (Wildman–Crippen MR) is 64.7 cm³/mol. The van der Waals surface area contributed by atoms with Crippen LogP contribution in [0.15, 0.2) is 30.3 Å². The summed E-state index contributed by atoms with van der Waals surface area (Å²) < 4.78 is 10.1. The van der Waals surface area contributed by atoms with E-state index in [4.69, 9.17) is 9.47 Å². The normalized spacial score (nSPS) is 19.2. The molecule has 92 valence electrons. The van der Waals surface area contributed by atoms with Crippen molar-refractivity contribution < 1.29 is 14.3 Å². The third-order valence-corrected chi connectivity index (χ3v) is 3.45. The van der Waals surface area contributed by atoms with Gasteiger partial charge in [-0.15, -0.1) is 0 Å². The second kappa shape index (κ2) is 4.88. The van der Waals surface area contributed by atoms with Crippen molar-refractivity contribution in [3.63, 3.8) is 0 Å². The second-order valence-corrected chi connectivity index (χ2v) is 4.80. The number of methoxy groups -OCH3 is 1. The van der Waals surface area contributed by atoms with Crippen LogP contribution in [0.5, 0.6) is 0 Å². The maximum absolute atomic E-state index is 12.0. The molecule has 17 heavy (non-hydrogen) atoms. The number of carbonyl (C=O) groups excluding carboxylic acids is 1. The number of hydrogen-bond donors (Lipinski definition) is 0. The summed E-state index contributed by atoms with van der Waals surface area (Å²) in [5.74, 6) is 0.287. The van der Waals surface area contributed by atoms with E-state index in [0.717, 1.165) is 25.2 Å². The number of ether oxygens (including phenoxy) is 2. The molecule has 0 radical (unpaired) electrons. The zero-order valence-corrected chi connectivity index (χ0v) is 10.3. The Morgan fingerprint density at radius 3 is 2.53 bits per heavy atom. The quantitative estimate of drug-likeness (QED) is 0.749. The van der Waals surface area contributed by atoms with E-state index in [9.17, 15) is 4.79 Å². The molecule has 0 aromatic heterocycles. The number of carbonyl (C=O) groups is 1. The summed E-state index contributed by atoms with van der Waals surface area (Å²) in [6, 6.07) is 9.82. The lowest BCUT2D eigenvalue weighted by atomic mass is 9.75. The van der Waals surface area contributed by atoms with Crippen LogP contribution in [0.3, 0.4) is 0 Å². The van der Waals surface area contributed by atoms with E-state index < -0.39 is 5.41 Å². The minimum Gasteiger partial charge on any atom is -0.468 e. The van der Waals surface area contributed by atoms with Crippen molar-refractivity contribution in [1.29, 1.82) is 0 Å². The molecule has 2 rings (SSSR count). The summed E-state index contributed by atoms with van der Waals surface area (Å²) in [7, 11) is 1.45. The Bertz CT molecular complexity index is 384. The first-order valence-corrected chi connectivity index (χ1v) is 5.88. The predicted octanol–water partition coefficient (Wildman–Crippen LogP) is 2.15. The van der Waals surface area contributed by atoms with Crippen molar-refractivity contribution in [3.8, 4) is 0 Å². The molecule has 1 unspecified atom stereocenters. The molecule has 3 heteroatoms. The van der Waals surface area contributed by atoms with Crippen LogP contribution >= 0.6 is 0 Å². The van der Waals surface area contributed by atoms with Gasteiger partial charge in [-0.2, -0.15) is 0 Å². The standard InChI is InChI=1S/C14H18O3/c1-14(13(15)16-2,8-11-9-17-10-11)12-6-4-3-5-7-12/h3-7,11H,8-10H2,1-2H3. The Morgan fingerprint density at radius 2 is 2.06 bits per heavy atom. The van der Waals surface area contributed by atoms with Gasteiger partial charge in [-0.3, -0.25) is 4.79 Å². The van der Waals surface area contributed by atoms with Crippen LogP contribution in [0.25, 0.3) is 0 Å². The van der Waals surface area contributed by atoms with E-state index in [-0.39, 0.29) is 5.97 Å². The van der Waals surface area contributed by atoms with Crippen LogP contribution in [-0.4, -0.2) is 26.3 Å². The van der Waals surface area contributed by atoms with Crippen molar-refractivity contribution in [1.82, 2.24) is 0 Å². The Kier molecular flexibility index (Phi) is 3.48. The van der Waals surface area contributed by atoms with Crippen LogP contribution in [0.4, 0.5) is 0 Å². The smallest absolute Gasteiger partial charge is 0.316 e. The van der Waals surface area contributed by atoms with Gasteiger partial charge >= 0.3 is 5.97 Å². The molecule has 0 spiro atoms. The molecule has 1 saturated heterocycles. The summed E-state index contributed by atoms with van der Waals surface area (Å²) in [6.07, 6.45) is 0.781. The first-order valence-electron chi connectivity index (χ1n) is 5.88. The molecule has 1 aliphatic heterocycles. The number of esters is 1. The van der Waals surface area contributed by atoms with Gasteiger partial charge in [-0.1, -0.05) is 30.3 Å². The Balaban J connectivity index is 2.25. The van der Waals surface area contributed by atoms with E-state index in [1.54, 1.807) is 0 Å². The molecule has 0 bridgehead atoms. The molecule has 1 heterocycles. The lowest BCUT2D eigenvalue weighted by molar-refractivity contribution is -0.149. The molecule has 0 amide bonds. The van der Waals surface area contributed by atoms with Gasteiger partial charge in [0.15, 0.2) is 0 Å². The average Bonchev–Trinajstić information content (AvgIpc) is 2.33. The van der Waals surface area contributed by atoms with Crippen molar-refractivity contribution in [3.05, 3.63) is 35.9 Å². The van der Waals surface area contributed by atoms with Crippen LogP contribution < -0.4 is 0 Å². The molecule has 1 aliphatic rings. The molecule has 0 aliphatic carbocycles. The molecule has 1 fully saturated rings. The second-order valence-electron chi connectivity index (χ2n) is 4.80. The first-order chi connectivity index (χ1) is 8.16. The molecule has 1 aromatic rings. The minimum atomic E-state index is -0.565. The van der Waals surface area contributed by atoms with E-state index in [2.05, 4.69) is 0 Å². The highest BCUT2D eigenvalue weighted by Gasteiger charge is 2.40. The van der Waals surface area contributed by atoms with Crippen molar-refractivity contribution in [2.75, 3.05) is 20.3 Å². The molecular formula is C14H18O3. The van der Waals surface area contributed by atoms with Gasteiger partial charge < -0.3 is 9.47 Å². The Labute approximate surface area is 102 Å². The highest BCUT2D eigenvalue weighted by atomic mass is 16.5. The van der Waals surface area contributed by atoms with Gasteiger partial charge in [0.05, 0.1) is 25.7 Å². The Morgan fingerprint density at radius 1 is 1.41 bits per heavy atom. The van der Waals surface area contributed by atoms with Crippen LogP contribution in [0.1, 0.15) is 18.9 Å². The molecule has 0 N–H and O–H groups in total. The van der Waals surface area contributed by atoms with Crippen LogP contribution in [-0.2, 0) is 19.7 Å².